The van der Waals surface area contributed by atoms with Crippen LogP contribution in [0.15, 0.2) is 77.9 Å². The highest BCUT2D eigenvalue weighted by Crippen LogP contribution is 2.26. The molecule has 2 aromatic heterocycles. The molecule has 4 aromatic rings. The van der Waals surface area contributed by atoms with Gasteiger partial charge in [-0.25, -0.2) is 0 Å². The van der Waals surface area contributed by atoms with Crippen molar-refractivity contribution in [3.8, 4) is 0 Å². The first-order valence-corrected chi connectivity index (χ1v) is 8.06. The zero-order chi connectivity index (χ0) is 17.9. The quantitative estimate of drug-likeness (QED) is 0.593. The highest BCUT2D eigenvalue weighted by Gasteiger charge is 2.23. The van der Waals surface area contributed by atoms with Crippen molar-refractivity contribution in [2.75, 3.05) is 5.32 Å². The van der Waals surface area contributed by atoms with Crippen LogP contribution >= 0.6 is 0 Å². The summed E-state index contributed by atoms with van der Waals surface area (Å²) in [6, 6.07) is 20.3. The Labute approximate surface area is 148 Å². The van der Waals surface area contributed by atoms with Crippen LogP contribution in [0.1, 0.15) is 17.0 Å². The lowest BCUT2D eigenvalue weighted by molar-refractivity contribution is -0.116. The Morgan fingerprint density at radius 1 is 1.00 bits per heavy atom. The molecule has 0 unspecified atom stereocenters. The molecule has 1 amide bonds. The Kier molecular flexibility index (Phi) is 4.03. The maximum absolute atomic E-state index is 13.1. The van der Waals surface area contributed by atoms with Gasteiger partial charge in [-0.1, -0.05) is 60.7 Å². The van der Waals surface area contributed by atoms with Gasteiger partial charge in [0.05, 0.1) is 5.92 Å². The molecule has 0 bridgehead atoms. The van der Waals surface area contributed by atoms with E-state index < -0.39 is 5.92 Å². The summed E-state index contributed by atoms with van der Waals surface area (Å²) in [5, 5.41) is 6.85. The molecule has 2 heterocycles. The fourth-order valence-corrected chi connectivity index (χ4v) is 2.91. The number of amides is 1. The van der Waals surface area contributed by atoms with Crippen LogP contribution in [0.2, 0.25) is 0 Å². The van der Waals surface area contributed by atoms with E-state index in [1.807, 2.05) is 60.7 Å². The molecule has 2 N–H and O–H groups in total. The second-order valence-corrected chi connectivity index (χ2v) is 5.76. The predicted molar refractivity (Wildman–Crippen MR) is 97.0 cm³/mol. The minimum atomic E-state index is -0.518. The monoisotopic (exact) mass is 345 g/mol. The number of hydrogen-bond acceptors (Lipinski definition) is 4. The van der Waals surface area contributed by atoms with Crippen LogP contribution in [-0.4, -0.2) is 25.5 Å². The lowest BCUT2D eigenvalue weighted by atomic mass is 9.90. The van der Waals surface area contributed by atoms with E-state index in [9.17, 15) is 9.59 Å². The summed E-state index contributed by atoms with van der Waals surface area (Å²) in [5.74, 6) is -0.244. The topological polar surface area (TPSA) is 92.1 Å². The van der Waals surface area contributed by atoms with Crippen LogP contribution in [0.4, 0.5) is 5.82 Å². The summed E-state index contributed by atoms with van der Waals surface area (Å²) < 4.78 is 1.38. The van der Waals surface area contributed by atoms with Crippen molar-refractivity contribution in [2.24, 2.45) is 0 Å². The van der Waals surface area contributed by atoms with E-state index in [0.717, 1.165) is 11.1 Å². The molecule has 0 saturated carbocycles. The van der Waals surface area contributed by atoms with E-state index in [4.69, 9.17) is 0 Å². The number of fused-ring (bicyclic) bond motifs is 1. The Morgan fingerprint density at radius 3 is 2.23 bits per heavy atom. The fourth-order valence-electron chi connectivity index (χ4n) is 2.91. The summed E-state index contributed by atoms with van der Waals surface area (Å²) in [7, 11) is 0. The standard InChI is InChI=1S/C19H15N5O2/c25-16-11-15(24-19(23-16)20-12-21-24)22-18(26)17(13-7-3-1-4-8-13)14-9-5-2-6-10-14/h1-12,17H,(H,22,26)(H,20,21,23,25). The summed E-state index contributed by atoms with van der Waals surface area (Å²) in [4.78, 5) is 31.4. The summed E-state index contributed by atoms with van der Waals surface area (Å²) in [6.07, 6.45) is 1.31. The largest absolute Gasteiger partial charge is 0.310 e. The SMILES string of the molecule is O=C(Nc1cc(=O)[nH]c2ncnn12)C(c1ccccc1)c1ccccc1. The summed E-state index contributed by atoms with van der Waals surface area (Å²) in [6.45, 7) is 0. The molecule has 0 aliphatic rings. The molecule has 0 fully saturated rings. The average Bonchev–Trinajstić information content (AvgIpc) is 3.12. The van der Waals surface area contributed by atoms with Gasteiger partial charge in [0.1, 0.15) is 12.1 Å². The minimum absolute atomic E-state index is 0.259. The number of anilines is 1. The number of hydrogen-bond donors (Lipinski definition) is 2. The van der Waals surface area contributed by atoms with Gasteiger partial charge in [0.2, 0.25) is 11.7 Å². The van der Waals surface area contributed by atoms with Crippen LogP contribution < -0.4 is 10.9 Å². The number of carbonyl (C=O) groups excluding carboxylic acids is 1. The van der Waals surface area contributed by atoms with Gasteiger partial charge in [-0.2, -0.15) is 14.6 Å². The van der Waals surface area contributed by atoms with Gasteiger partial charge in [-0.05, 0) is 11.1 Å². The maximum atomic E-state index is 13.1. The fraction of sp³-hybridized carbons (Fsp3) is 0.0526. The molecule has 4 rings (SSSR count). The third kappa shape index (κ3) is 2.98. The number of rotatable bonds is 4. The molecule has 0 saturated heterocycles. The number of aromatic amines is 1. The van der Waals surface area contributed by atoms with Crippen molar-refractivity contribution in [3.05, 3.63) is 94.5 Å². The molecule has 26 heavy (non-hydrogen) atoms. The smallest absolute Gasteiger partial charge is 0.254 e. The van der Waals surface area contributed by atoms with E-state index in [0.29, 0.717) is 0 Å². The molecule has 7 heteroatoms. The molecule has 7 nitrogen and oxygen atoms in total. The van der Waals surface area contributed by atoms with Gasteiger partial charge < -0.3 is 5.32 Å². The zero-order valence-corrected chi connectivity index (χ0v) is 13.7. The van der Waals surface area contributed by atoms with E-state index in [-0.39, 0.29) is 23.1 Å². The first-order valence-electron chi connectivity index (χ1n) is 8.06. The molecule has 0 radical (unpaired) electrons. The first-order chi connectivity index (χ1) is 12.7. The molecule has 2 aromatic carbocycles. The third-order valence-corrected chi connectivity index (χ3v) is 4.06. The number of H-pyrrole nitrogens is 1. The second kappa shape index (κ2) is 6.64. The van der Waals surface area contributed by atoms with E-state index in [1.165, 1.54) is 16.9 Å². The normalized spacial score (nSPS) is 11.0. The van der Waals surface area contributed by atoms with Crippen LogP contribution in [0.3, 0.4) is 0 Å². The van der Waals surface area contributed by atoms with E-state index in [1.54, 1.807) is 0 Å². The minimum Gasteiger partial charge on any atom is -0.310 e. The Morgan fingerprint density at radius 2 is 1.62 bits per heavy atom. The van der Waals surface area contributed by atoms with Gasteiger partial charge in [0.15, 0.2) is 0 Å². The molecular formula is C19H15N5O2. The highest BCUT2D eigenvalue weighted by molar-refractivity contribution is 5.97. The van der Waals surface area contributed by atoms with Gasteiger partial charge >= 0.3 is 0 Å². The Balaban J connectivity index is 1.75. The van der Waals surface area contributed by atoms with Crippen LogP contribution in [0, 0.1) is 0 Å². The van der Waals surface area contributed by atoms with Crippen molar-refractivity contribution in [2.45, 2.75) is 5.92 Å². The van der Waals surface area contributed by atoms with Crippen molar-refractivity contribution in [1.29, 1.82) is 0 Å². The zero-order valence-electron chi connectivity index (χ0n) is 13.7. The van der Waals surface area contributed by atoms with Crippen molar-refractivity contribution in [1.82, 2.24) is 19.6 Å². The molecule has 0 spiro atoms. The van der Waals surface area contributed by atoms with Crippen molar-refractivity contribution >= 4 is 17.5 Å². The van der Waals surface area contributed by atoms with Crippen LogP contribution in [0.25, 0.3) is 5.78 Å². The summed E-state index contributed by atoms with van der Waals surface area (Å²) in [5.41, 5.74) is 1.35. The molecule has 0 atom stereocenters. The van der Waals surface area contributed by atoms with Gasteiger partial charge in [-0.3, -0.25) is 14.6 Å². The number of benzene rings is 2. The van der Waals surface area contributed by atoms with Crippen molar-refractivity contribution in [3.63, 3.8) is 0 Å². The number of nitrogens with zero attached hydrogens (tertiary/aromatic N) is 3. The number of nitrogens with one attached hydrogen (secondary N) is 2. The summed E-state index contributed by atoms with van der Waals surface area (Å²) >= 11 is 0. The molecule has 128 valence electrons. The Bertz CT molecular complexity index is 1060. The van der Waals surface area contributed by atoms with Crippen LogP contribution in [0.5, 0.6) is 0 Å². The van der Waals surface area contributed by atoms with E-state index >= 15 is 0 Å². The number of carbonyl (C=O) groups is 1. The lowest BCUT2D eigenvalue weighted by Crippen LogP contribution is -2.25. The number of aromatic nitrogens is 4. The second-order valence-electron chi connectivity index (χ2n) is 5.76. The highest BCUT2D eigenvalue weighted by atomic mass is 16.2. The first kappa shape index (κ1) is 15.8. The molecule has 0 aliphatic heterocycles. The Hall–Kier alpha value is -3.74. The van der Waals surface area contributed by atoms with Gasteiger partial charge in [0.25, 0.3) is 5.56 Å². The molecule has 0 aliphatic carbocycles. The molecular weight excluding hydrogens is 330 g/mol. The van der Waals surface area contributed by atoms with Gasteiger partial charge in [0, 0.05) is 6.07 Å². The van der Waals surface area contributed by atoms with Crippen LogP contribution in [-0.2, 0) is 4.79 Å². The predicted octanol–water partition coefficient (Wildman–Crippen LogP) is 2.19. The lowest BCUT2D eigenvalue weighted by Gasteiger charge is -2.18. The van der Waals surface area contributed by atoms with Gasteiger partial charge in [-0.15, -0.1) is 0 Å². The maximum Gasteiger partial charge on any atom is 0.254 e. The van der Waals surface area contributed by atoms with E-state index in [2.05, 4.69) is 20.4 Å². The third-order valence-electron chi connectivity index (χ3n) is 4.06. The van der Waals surface area contributed by atoms with Crippen molar-refractivity contribution < 1.29 is 4.79 Å². The average molecular weight is 345 g/mol.